The van der Waals surface area contributed by atoms with E-state index < -0.39 is 5.60 Å². The number of hydrogen-bond donors (Lipinski definition) is 1. The average Bonchev–Trinajstić information content (AvgIpc) is 2.49. The van der Waals surface area contributed by atoms with Crippen molar-refractivity contribution in [2.75, 3.05) is 13.2 Å². The lowest BCUT2D eigenvalue weighted by atomic mass is 9.67. The molecule has 1 saturated carbocycles. The number of aliphatic hydroxyl groups is 1. The van der Waals surface area contributed by atoms with Crippen LogP contribution in [0.25, 0.3) is 0 Å². The highest BCUT2D eigenvalue weighted by Gasteiger charge is 2.41. The van der Waals surface area contributed by atoms with E-state index in [0.29, 0.717) is 11.8 Å². The van der Waals surface area contributed by atoms with E-state index in [1.807, 2.05) is 0 Å². The zero-order valence-electron chi connectivity index (χ0n) is 12.3. The molecule has 0 aromatic heterocycles. The first-order valence-electron chi connectivity index (χ1n) is 8.13. The van der Waals surface area contributed by atoms with E-state index in [2.05, 4.69) is 30.3 Å². The Labute approximate surface area is 122 Å². The molecule has 1 aromatic rings. The fraction of sp³-hybridized carbons (Fsp3) is 0.667. The highest BCUT2D eigenvalue weighted by atomic mass is 16.5. The van der Waals surface area contributed by atoms with Crippen LogP contribution in [-0.4, -0.2) is 23.9 Å². The predicted octanol–water partition coefficient (Wildman–Crippen LogP) is 3.89. The summed E-state index contributed by atoms with van der Waals surface area (Å²) in [5.41, 5.74) is 0.823. The van der Waals surface area contributed by atoms with Crippen molar-refractivity contribution in [3.8, 4) is 0 Å². The van der Waals surface area contributed by atoms with Crippen molar-refractivity contribution >= 4 is 0 Å². The second-order valence-electron chi connectivity index (χ2n) is 6.57. The number of ether oxygens (including phenoxy) is 1. The monoisotopic (exact) mass is 274 g/mol. The van der Waals surface area contributed by atoms with Crippen molar-refractivity contribution in [2.24, 2.45) is 5.92 Å². The van der Waals surface area contributed by atoms with Crippen molar-refractivity contribution in [3.05, 3.63) is 35.9 Å². The molecule has 1 N–H and O–H groups in total. The predicted molar refractivity (Wildman–Crippen MR) is 80.8 cm³/mol. The Morgan fingerprint density at radius 2 is 1.80 bits per heavy atom. The second kappa shape index (κ2) is 6.28. The van der Waals surface area contributed by atoms with Crippen LogP contribution >= 0.6 is 0 Å². The average molecular weight is 274 g/mol. The summed E-state index contributed by atoms with van der Waals surface area (Å²) in [6, 6.07) is 10.6. The van der Waals surface area contributed by atoms with Gasteiger partial charge in [-0.25, -0.2) is 0 Å². The van der Waals surface area contributed by atoms with Gasteiger partial charge in [0.25, 0.3) is 0 Å². The molecule has 1 aromatic carbocycles. The van der Waals surface area contributed by atoms with E-state index in [4.69, 9.17) is 4.74 Å². The Kier molecular flexibility index (Phi) is 4.42. The lowest BCUT2D eigenvalue weighted by Gasteiger charge is -2.43. The van der Waals surface area contributed by atoms with Crippen LogP contribution in [0, 0.1) is 5.92 Å². The maximum Gasteiger partial charge on any atom is 0.0718 e. The molecule has 3 rings (SSSR count). The largest absolute Gasteiger partial charge is 0.389 e. The van der Waals surface area contributed by atoms with Gasteiger partial charge in [-0.15, -0.1) is 0 Å². The first kappa shape index (κ1) is 14.1. The Bertz CT molecular complexity index is 411. The Morgan fingerprint density at radius 3 is 2.55 bits per heavy atom. The Hall–Kier alpha value is -0.860. The van der Waals surface area contributed by atoms with Gasteiger partial charge in [-0.2, -0.15) is 0 Å². The summed E-state index contributed by atoms with van der Waals surface area (Å²) in [6.45, 7) is 1.74. The van der Waals surface area contributed by atoms with Crippen LogP contribution in [0.5, 0.6) is 0 Å². The molecule has 20 heavy (non-hydrogen) atoms. The first-order chi connectivity index (χ1) is 9.78. The number of rotatable bonds is 3. The fourth-order valence-corrected chi connectivity index (χ4v) is 4.08. The minimum absolute atomic E-state index is 0.320. The summed E-state index contributed by atoms with van der Waals surface area (Å²) >= 11 is 0. The third-order valence-corrected chi connectivity index (χ3v) is 5.19. The van der Waals surface area contributed by atoms with Crippen LogP contribution in [-0.2, 0) is 4.74 Å². The molecule has 0 bridgehead atoms. The molecule has 2 fully saturated rings. The van der Waals surface area contributed by atoms with Gasteiger partial charge >= 0.3 is 0 Å². The van der Waals surface area contributed by atoms with Gasteiger partial charge in [0.15, 0.2) is 0 Å². The van der Waals surface area contributed by atoms with Crippen LogP contribution in [0.2, 0.25) is 0 Å². The molecule has 0 amide bonds. The van der Waals surface area contributed by atoms with E-state index in [1.54, 1.807) is 0 Å². The van der Waals surface area contributed by atoms with Gasteiger partial charge in [0.05, 0.1) is 5.60 Å². The zero-order valence-corrected chi connectivity index (χ0v) is 12.3. The second-order valence-corrected chi connectivity index (χ2v) is 6.57. The zero-order chi connectivity index (χ0) is 13.8. The van der Waals surface area contributed by atoms with Gasteiger partial charge in [0.2, 0.25) is 0 Å². The molecule has 2 heteroatoms. The van der Waals surface area contributed by atoms with Gasteiger partial charge in [0.1, 0.15) is 0 Å². The van der Waals surface area contributed by atoms with Crippen LogP contribution in [0.3, 0.4) is 0 Å². The van der Waals surface area contributed by atoms with E-state index in [1.165, 1.54) is 18.4 Å². The first-order valence-corrected chi connectivity index (χ1v) is 8.13. The smallest absolute Gasteiger partial charge is 0.0718 e. The van der Waals surface area contributed by atoms with Crippen LogP contribution < -0.4 is 0 Å². The van der Waals surface area contributed by atoms with Gasteiger partial charge in [0, 0.05) is 19.1 Å². The maximum atomic E-state index is 11.3. The van der Waals surface area contributed by atoms with Crippen molar-refractivity contribution in [3.63, 3.8) is 0 Å². The Balaban J connectivity index is 1.76. The minimum atomic E-state index is -0.498. The van der Waals surface area contributed by atoms with Gasteiger partial charge in [-0.05, 0) is 43.6 Å². The minimum Gasteiger partial charge on any atom is -0.389 e. The standard InChI is InChI=1S/C18H26O2/c19-18(14-15-9-12-20-13-10-15)11-5-4-8-17(18)16-6-2-1-3-7-16/h1-3,6-7,15,17,19H,4-5,8-14H2. The molecule has 0 radical (unpaired) electrons. The number of hydrogen-bond acceptors (Lipinski definition) is 2. The molecule has 1 aliphatic carbocycles. The highest BCUT2D eigenvalue weighted by Crippen LogP contribution is 2.45. The molecule has 2 unspecified atom stereocenters. The molecular formula is C18H26O2. The summed E-state index contributed by atoms with van der Waals surface area (Å²) in [6.07, 6.45) is 7.69. The summed E-state index contributed by atoms with van der Waals surface area (Å²) < 4.78 is 5.45. The van der Waals surface area contributed by atoms with Crippen molar-refractivity contribution < 1.29 is 9.84 Å². The third-order valence-electron chi connectivity index (χ3n) is 5.19. The Morgan fingerprint density at radius 1 is 1.05 bits per heavy atom. The van der Waals surface area contributed by atoms with Gasteiger partial charge in [-0.1, -0.05) is 43.2 Å². The van der Waals surface area contributed by atoms with E-state index >= 15 is 0 Å². The summed E-state index contributed by atoms with van der Waals surface area (Å²) in [5.74, 6) is 0.957. The van der Waals surface area contributed by atoms with E-state index in [0.717, 1.165) is 45.3 Å². The third kappa shape index (κ3) is 3.07. The molecule has 110 valence electrons. The van der Waals surface area contributed by atoms with Gasteiger partial charge < -0.3 is 9.84 Å². The quantitative estimate of drug-likeness (QED) is 0.906. The molecule has 2 nitrogen and oxygen atoms in total. The normalized spacial score (nSPS) is 32.1. The molecular weight excluding hydrogens is 248 g/mol. The fourth-order valence-electron chi connectivity index (χ4n) is 4.08. The maximum absolute atomic E-state index is 11.3. The van der Waals surface area contributed by atoms with Crippen LogP contribution in [0.15, 0.2) is 30.3 Å². The molecule has 1 aliphatic heterocycles. The van der Waals surface area contributed by atoms with Gasteiger partial charge in [-0.3, -0.25) is 0 Å². The van der Waals surface area contributed by atoms with Crippen molar-refractivity contribution in [2.45, 2.75) is 56.5 Å². The highest BCUT2D eigenvalue weighted by molar-refractivity contribution is 5.24. The summed E-state index contributed by atoms with van der Waals surface area (Å²) in [5, 5.41) is 11.3. The van der Waals surface area contributed by atoms with Crippen LogP contribution in [0.1, 0.15) is 56.4 Å². The van der Waals surface area contributed by atoms with E-state index in [-0.39, 0.29) is 0 Å². The molecule has 0 spiro atoms. The molecule has 1 saturated heterocycles. The SMILES string of the molecule is OC1(CC2CCOCC2)CCCCC1c1ccccc1. The topological polar surface area (TPSA) is 29.5 Å². The number of benzene rings is 1. The molecule has 2 atom stereocenters. The van der Waals surface area contributed by atoms with Crippen molar-refractivity contribution in [1.29, 1.82) is 0 Å². The summed E-state index contributed by atoms with van der Waals surface area (Å²) in [7, 11) is 0. The lowest BCUT2D eigenvalue weighted by molar-refractivity contribution is -0.0517. The van der Waals surface area contributed by atoms with Crippen LogP contribution in [0.4, 0.5) is 0 Å². The summed E-state index contributed by atoms with van der Waals surface area (Å²) in [4.78, 5) is 0. The molecule has 1 heterocycles. The molecule has 2 aliphatic rings. The lowest BCUT2D eigenvalue weighted by Crippen LogP contribution is -2.41. The van der Waals surface area contributed by atoms with Crippen molar-refractivity contribution in [1.82, 2.24) is 0 Å². The van der Waals surface area contributed by atoms with E-state index in [9.17, 15) is 5.11 Å².